The van der Waals surface area contributed by atoms with Gasteiger partial charge in [-0.15, -0.1) is 0 Å². The number of benzene rings is 2. The Hall–Kier alpha value is -2.75. The van der Waals surface area contributed by atoms with Crippen LogP contribution in [0.25, 0.3) is 10.9 Å². The molecule has 0 radical (unpaired) electrons. The lowest BCUT2D eigenvalue weighted by Gasteiger charge is -2.41. The minimum atomic E-state index is -0.699. The molecule has 1 aliphatic rings. The fraction of sp³-hybridized carbons (Fsp3) is 0.391. The van der Waals surface area contributed by atoms with Gasteiger partial charge in [-0.05, 0) is 69.2 Å². The van der Waals surface area contributed by atoms with Crippen molar-refractivity contribution in [2.75, 3.05) is 26.7 Å². The minimum absolute atomic E-state index is 0.230. The SMILES string of the molecule is Cc1cc(C(C#N)OCC2(c3ccc(F)cc3)CCN(C)CC2)c2[nH]ncc2c1. The van der Waals surface area contributed by atoms with Gasteiger partial charge in [0.05, 0.1) is 24.4 Å². The van der Waals surface area contributed by atoms with Crippen LogP contribution in [0.3, 0.4) is 0 Å². The average Bonchev–Trinajstić information content (AvgIpc) is 3.19. The number of aryl methyl sites for hydroxylation is 1. The number of aromatic amines is 1. The molecule has 0 aliphatic carbocycles. The summed E-state index contributed by atoms with van der Waals surface area (Å²) >= 11 is 0. The zero-order valence-corrected chi connectivity index (χ0v) is 16.8. The molecule has 1 atom stereocenters. The quantitative estimate of drug-likeness (QED) is 0.705. The molecule has 0 amide bonds. The normalized spacial score (nSPS) is 17.9. The summed E-state index contributed by atoms with van der Waals surface area (Å²) in [4.78, 5) is 2.29. The maximum atomic E-state index is 13.5. The van der Waals surface area contributed by atoms with E-state index in [9.17, 15) is 9.65 Å². The molecule has 150 valence electrons. The predicted molar refractivity (Wildman–Crippen MR) is 110 cm³/mol. The Morgan fingerprint density at radius 1 is 1.28 bits per heavy atom. The van der Waals surface area contributed by atoms with Gasteiger partial charge in [-0.1, -0.05) is 18.2 Å². The summed E-state index contributed by atoms with van der Waals surface area (Å²) in [5.41, 5.74) is 3.54. The number of nitrogens with one attached hydrogen (secondary N) is 1. The number of fused-ring (bicyclic) bond motifs is 1. The number of likely N-dealkylation sites (tertiary alicyclic amines) is 1. The number of H-pyrrole nitrogens is 1. The first kappa shape index (κ1) is 19.6. The van der Waals surface area contributed by atoms with Crippen molar-refractivity contribution in [3.8, 4) is 6.07 Å². The molecule has 1 aromatic heterocycles. The molecule has 1 fully saturated rings. The summed E-state index contributed by atoms with van der Waals surface area (Å²) in [6, 6.07) is 13.0. The Morgan fingerprint density at radius 3 is 2.69 bits per heavy atom. The van der Waals surface area contributed by atoms with Gasteiger partial charge in [-0.2, -0.15) is 10.4 Å². The van der Waals surface area contributed by atoms with E-state index < -0.39 is 6.10 Å². The number of hydrogen-bond donors (Lipinski definition) is 1. The number of ether oxygens (including phenoxy) is 1. The molecule has 0 saturated carbocycles. The van der Waals surface area contributed by atoms with Crippen LogP contribution in [0, 0.1) is 24.1 Å². The molecule has 4 rings (SSSR count). The van der Waals surface area contributed by atoms with E-state index in [1.165, 1.54) is 12.1 Å². The van der Waals surface area contributed by atoms with Crippen LogP contribution < -0.4 is 0 Å². The summed E-state index contributed by atoms with van der Waals surface area (Å²) in [7, 11) is 2.11. The lowest BCUT2D eigenvalue weighted by Crippen LogP contribution is -2.44. The Morgan fingerprint density at radius 2 is 2.00 bits per heavy atom. The zero-order chi connectivity index (χ0) is 20.4. The van der Waals surface area contributed by atoms with Gasteiger partial charge < -0.3 is 9.64 Å². The molecular formula is C23H25FN4O. The number of hydrogen-bond acceptors (Lipinski definition) is 4. The first-order valence-corrected chi connectivity index (χ1v) is 9.90. The fourth-order valence-electron chi connectivity index (χ4n) is 4.25. The average molecular weight is 392 g/mol. The molecule has 5 nitrogen and oxygen atoms in total. The summed E-state index contributed by atoms with van der Waals surface area (Å²) in [5.74, 6) is -0.242. The topological polar surface area (TPSA) is 64.9 Å². The first-order valence-electron chi connectivity index (χ1n) is 9.90. The van der Waals surface area contributed by atoms with Crippen molar-refractivity contribution in [2.24, 2.45) is 0 Å². The highest BCUT2D eigenvalue weighted by atomic mass is 19.1. The third-order valence-corrected chi connectivity index (χ3v) is 6.05. The monoisotopic (exact) mass is 392 g/mol. The molecule has 6 heteroatoms. The minimum Gasteiger partial charge on any atom is -0.358 e. The second kappa shape index (κ2) is 7.94. The molecule has 0 bridgehead atoms. The highest BCUT2D eigenvalue weighted by Crippen LogP contribution is 2.37. The van der Waals surface area contributed by atoms with Crippen molar-refractivity contribution in [3.63, 3.8) is 0 Å². The molecule has 1 unspecified atom stereocenters. The van der Waals surface area contributed by atoms with Gasteiger partial charge in [0.2, 0.25) is 0 Å². The predicted octanol–water partition coefficient (Wildman–Crippen LogP) is 4.26. The van der Waals surface area contributed by atoms with E-state index in [1.807, 2.05) is 31.2 Å². The Balaban J connectivity index is 1.63. The van der Waals surface area contributed by atoms with E-state index in [-0.39, 0.29) is 11.2 Å². The van der Waals surface area contributed by atoms with Crippen molar-refractivity contribution in [1.29, 1.82) is 5.26 Å². The van der Waals surface area contributed by atoms with Gasteiger partial charge >= 0.3 is 0 Å². The van der Waals surface area contributed by atoms with E-state index >= 15 is 0 Å². The van der Waals surface area contributed by atoms with Crippen molar-refractivity contribution < 1.29 is 9.13 Å². The largest absolute Gasteiger partial charge is 0.358 e. The molecule has 1 saturated heterocycles. The summed E-state index contributed by atoms with van der Waals surface area (Å²) < 4.78 is 19.7. The van der Waals surface area contributed by atoms with Gasteiger partial charge in [0, 0.05) is 16.4 Å². The van der Waals surface area contributed by atoms with Gasteiger partial charge in [0.25, 0.3) is 0 Å². The van der Waals surface area contributed by atoms with Crippen molar-refractivity contribution in [2.45, 2.75) is 31.3 Å². The van der Waals surface area contributed by atoms with Crippen LogP contribution in [0.5, 0.6) is 0 Å². The zero-order valence-electron chi connectivity index (χ0n) is 16.8. The number of piperidine rings is 1. The van der Waals surface area contributed by atoms with Crippen LogP contribution in [-0.4, -0.2) is 41.8 Å². The number of aromatic nitrogens is 2. The standard InChI is InChI=1S/C23H25FN4O/c1-16-11-17-14-26-27-22(17)20(12-16)21(13-25)29-15-23(7-9-28(2)10-8-23)18-3-5-19(24)6-4-18/h3-6,11-12,14,21H,7-10,15H2,1-2H3,(H,26,27). The Labute approximate surface area is 170 Å². The highest BCUT2D eigenvalue weighted by molar-refractivity contribution is 5.82. The van der Waals surface area contributed by atoms with E-state index in [0.29, 0.717) is 6.61 Å². The summed E-state index contributed by atoms with van der Waals surface area (Å²) in [6.45, 7) is 4.29. The first-order chi connectivity index (χ1) is 14.0. The van der Waals surface area contributed by atoms with Crippen LogP contribution in [0.1, 0.15) is 35.6 Å². The van der Waals surface area contributed by atoms with Gasteiger partial charge in [-0.25, -0.2) is 4.39 Å². The van der Waals surface area contributed by atoms with Gasteiger partial charge in [0.15, 0.2) is 6.10 Å². The van der Waals surface area contributed by atoms with Crippen LogP contribution in [-0.2, 0) is 10.2 Å². The smallest absolute Gasteiger partial charge is 0.171 e. The number of rotatable bonds is 5. The maximum absolute atomic E-state index is 13.5. The Bertz CT molecular complexity index is 1030. The second-order valence-corrected chi connectivity index (χ2v) is 8.10. The Kier molecular flexibility index (Phi) is 5.35. The maximum Gasteiger partial charge on any atom is 0.171 e. The number of halogens is 1. The lowest BCUT2D eigenvalue weighted by molar-refractivity contribution is 0.0227. The second-order valence-electron chi connectivity index (χ2n) is 8.10. The molecule has 0 spiro atoms. The molecule has 2 aromatic carbocycles. The number of nitriles is 1. The van der Waals surface area contributed by atoms with Crippen LogP contribution in [0.2, 0.25) is 0 Å². The third kappa shape index (κ3) is 3.89. The third-order valence-electron chi connectivity index (χ3n) is 6.05. The molecular weight excluding hydrogens is 367 g/mol. The van der Waals surface area contributed by atoms with Crippen molar-refractivity contribution in [3.05, 3.63) is 65.1 Å². The number of nitrogens with zero attached hydrogens (tertiary/aromatic N) is 3. The van der Waals surface area contributed by atoms with Crippen LogP contribution >= 0.6 is 0 Å². The summed E-state index contributed by atoms with van der Waals surface area (Å²) in [5, 5.41) is 17.9. The van der Waals surface area contributed by atoms with E-state index in [1.54, 1.807) is 6.20 Å². The molecule has 1 aliphatic heterocycles. The highest BCUT2D eigenvalue weighted by Gasteiger charge is 2.37. The van der Waals surface area contributed by atoms with E-state index in [0.717, 1.165) is 53.5 Å². The van der Waals surface area contributed by atoms with Gasteiger partial charge in [-0.3, -0.25) is 5.10 Å². The summed E-state index contributed by atoms with van der Waals surface area (Å²) in [6.07, 6.45) is 2.87. The molecule has 3 aromatic rings. The fourth-order valence-corrected chi connectivity index (χ4v) is 4.25. The lowest BCUT2D eigenvalue weighted by atomic mass is 9.73. The molecule has 29 heavy (non-hydrogen) atoms. The molecule has 1 N–H and O–H groups in total. The van der Waals surface area contributed by atoms with Crippen LogP contribution in [0.4, 0.5) is 4.39 Å². The van der Waals surface area contributed by atoms with Crippen molar-refractivity contribution >= 4 is 10.9 Å². The van der Waals surface area contributed by atoms with Crippen molar-refractivity contribution in [1.82, 2.24) is 15.1 Å². The van der Waals surface area contributed by atoms with E-state index in [4.69, 9.17) is 4.74 Å². The van der Waals surface area contributed by atoms with Gasteiger partial charge in [0.1, 0.15) is 5.82 Å². The van der Waals surface area contributed by atoms with Crippen LogP contribution in [0.15, 0.2) is 42.6 Å². The molecule has 2 heterocycles. The van der Waals surface area contributed by atoms with E-state index in [2.05, 4.69) is 28.2 Å².